The van der Waals surface area contributed by atoms with Crippen LogP contribution in [0.25, 0.3) is 11.1 Å². The number of hydrogen-bond acceptors (Lipinski definition) is 4. The number of nitrogens with two attached hydrogens (primary N) is 1. The summed E-state index contributed by atoms with van der Waals surface area (Å²) < 4.78 is 25.4. The lowest BCUT2D eigenvalue weighted by atomic mass is 10.1. The lowest BCUT2D eigenvalue weighted by molar-refractivity contribution is 0.169. The van der Waals surface area contributed by atoms with Gasteiger partial charge >= 0.3 is 0 Å². The highest BCUT2D eigenvalue weighted by Crippen LogP contribution is 2.45. The van der Waals surface area contributed by atoms with E-state index in [0.717, 1.165) is 0 Å². The number of nitrogen functional groups attached to an aromatic ring is 1. The number of rotatable bonds is 1. The van der Waals surface area contributed by atoms with Gasteiger partial charge in [-0.25, -0.2) is 4.39 Å². The first-order valence-corrected chi connectivity index (χ1v) is 6.04. The number of halogens is 2. The van der Waals surface area contributed by atoms with Crippen LogP contribution in [0.2, 0.25) is 0 Å². The SMILES string of the molecule is Nc1[nH]ncc1-c1c(F)cc2c(c1Br)OCCO2. The minimum absolute atomic E-state index is 0.297. The lowest BCUT2D eigenvalue weighted by Crippen LogP contribution is -2.16. The maximum absolute atomic E-state index is 14.1. The second-order valence-corrected chi connectivity index (χ2v) is 4.56. The molecule has 3 rings (SSSR count). The number of aromatic nitrogens is 2. The average Bonchev–Trinajstić information content (AvgIpc) is 2.76. The van der Waals surface area contributed by atoms with Crippen LogP contribution in [0.1, 0.15) is 0 Å². The summed E-state index contributed by atoms with van der Waals surface area (Å²) in [5, 5.41) is 6.35. The Kier molecular flexibility index (Phi) is 2.62. The molecule has 0 bridgehead atoms. The summed E-state index contributed by atoms with van der Waals surface area (Å²) in [5.41, 5.74) is 6.50. The topological polar surface area (TPSA) is 73.2 Å². The molecule has 1 aromatic carbocycles. The molecular formula is C11H9BrFN3O2. The van der Waals surface area contributed by atoms with Gasteiger partial charge < -0.3 is 15.2 Å². The Morgan fingerprint density at radius 1 is 1.39 bits per heavy atom. The van der Waals surface area contributed by atoms with Crippen molar-refractivity contribution in [2.75, 3.05) is 18.9 Å². The number of anilines is 1. The van der Waals surface area contributed by atoms with Crippen LogP contribution >= 0.6 is 15.9 Å². The van der Waals surface area contributed by atoms with E-state index in [1.165, 1.54) is 12.3 Å². The van der Waals surface area contributed by atoms with Gasteiger partial charge in [0.1, 0.15) is 24.8 Å². The smallest absolute Gasteiger partial charge is 0.176 e. The van der Waals surface area contributed by atoms with Crippen molar-refractivity contribution >= 4 is 21.7 Å². The zero-order chi connectivity index (χ0) is 12.7. The third-order valence-electron chi connectivity index (χ3n) is 2.66. The van der Waals surface area contributed by atoms with Crippen molar-refractivity contribution in [2.24, 2.45) is 0 Å². The maximum atomic E-state index is 14.1. The standard InChI is InChI=1S/C11H9BrFN3O2/c12-9-8(5-4-15-16-11(5)14)6(13)3-7-10(9)18-2-1-17-7/h3-4H,1-2H2,(H3,14,15,16). The van der Waals surface area contributed by atoms with Crippen molar-refractivity contribution in [3.63, 3.8) is 0 Å². The summed E-state index contributed by atoms with van der Waals surface area (Å²) in [6.45, 7) is 0.837. The fraction of sp³-hybridized carbons (Fsp3) is 0.182. The molecule has 2 heterocycles. The van der Waals surface area contributed by atoms with Crippen LogP contribution in [0.5, 0.6) is 11.5 Å². The van der Waals surface area contributed by atoms with E-state index in [-0.39, 0.29) is 0 Å². The van der Waals surface area contributed by atoms with Gasteiger partial charge in [0, 0.05) is 17.2 Å². The van der Waals surface area contributed by atoms with E-state index in [0.29, 0.717) is 46.1 Å². The van der Waals surface area contributed by atoms with E-state index >= 15 is 0 Å². The van der Waals surface area contributed by atoms with Gasteiger partial charge in [-0.3, -0.25) is 5.10 Å². The van der Waals surface area contributed by atoms with Crippen molar-refractivity contribution in [2.45, 2.75) is 0 Å². The summed E-state index contributed by atoms with van der Waals surface area (Å²) >= 11 is 3.33. The van der Waals surface area contributed by atoms with E-state index in [1.807, 2.05) is 0 Å². The van der Waals surface area contributed by atoms with Crippen LogP contribution < -0.4 is 15.2 Å². The Morgan fingerprint density at radius 2 is 2.17 bits per heavy atom. The third kappa shape index (κ3) is 1.62. The van der Waals surface area contributed by atoms with Crippen LogP contribution in [-0.2, 0) is 0 Å². The van der Waals surface area contributed by atoms with E-state index in [2.05, 4.69) is 26.1 Å². The molecule has 18 heavy (non-hydrogen) atoms. The fourth-order valence-corrected chi connectivity index (χ4v) is 2.57. The number of nitrogens with one attached hydrogen (secondary N) is 1. The molecule has 0 spiro atoms. The van der Waals surface area contributed by atoms with Gasteiger partial charge in [0.15, 0.2) is 11.5 Å². The van der Waals surface area contributed by atoms with Gasteiger partial charge in [-0.15, -0.1) is 0 Å². The molecule has 7 heteroatoms. The second kappa shape index (κ2) is 4.16. The van der Waals surface area contributed by atoms with Gasteiger partial charge in [-0.2, -0.15) is 5.10 Å². The third-order valence-corrected chi connectivity index (χ3v) is 3.42. The molecular weight excluding hydrogens is 305 g/mol. The molecule has 0 unspecified atom stereocenters. The minimum Gasteiger partial charge on any atom is -0.486 e. The van der Waals surface area contributed by atoms with E-state index in [4.69, 9.17) is 15.2 Å². The molecule has 0 amide bonds. The van der Waals surface area contributed by atoms with Crippen LogP contribution in [0.15, 0.2) is 16.7 Å². The van der Waals surface area contributed by atoms with E-state index in [9.17, 15) is 4.39 Å². The maximum Gasteiger partial charge on any atom is 0.176 e. The van der Waals surface area contributed by atoms with Crippen LogP contribution in [0.3, 0.4) is 0 Å². The average molecular weight is 314 g/mol. The molecule has 0 saturated carbocycles. The largest absolute Gasteiger partial charge is 0.486 e. The predicted molar refractivity (Wildman–Crippen MR) is 67.1 cm³/mol. The normalized spacial score (nSPS) is 13.7. The second-order valence-electron chi connectivity index (χ2n) is 3.77. The molecule has 0 fully saturated rings. The molecule has 0 aliphatic carbocycles. The summed E-state index contributed by atoms with van der Waals surface area (Å²) in [7, 11) is 0. The highest BCUT2D eigenvalue weighted by atomic mass is 79.9. The Hall–Kier alpha value is -1.76. The Labute approximate surface area is 110 Å². The number of hydrogen-bond donors (Lipinski definition) is 2. The first-order valence-electron chi connectivity index (χ1n) is 5.25. The number of fused-ring (bicyclic) bond motifs is 1. The highest BCUT2D eigenvalue weighted by molar-refractivity contribution is 9.10. The van der Waals surface area contributed by atoms with Gasteiger partial charge in [0.05, 0.1) is 10.7 Å². The molecule has 94 valence electrons. The quantitative estimate of drug-likeness (QED) is 0.847. The summed E-state index contributed by atoms with van der Waals surface area (Å²) in [6, 6.07) is 1.29. The van der Waals surface area contributed by atoms with Crippen molar-refractivity contribution in [3.05, 3.63) is 22.6 Å². The van der Waals surface area contributed by atoms with Crippen LogP contribution in [0, 0.1) is 5.82 Å². The molecule has 5 nitrogen and oxygen atoms in total. The van der Waals surface area contributed by atoms with E-state index < -0.39 is 5.82 Å². The van der Waals surface area contributed by atoms with Crippen molar-refractivity contribution in [3.8, 4) is 22.6 Å². The van der Waals surface area contributed by atoms with E-state index in [1.54, 1.807) is 0 Å². The Bertz CT molecular complexity index is 615. The monoisotopic (exact) mass is 313 g/mol. The summed E-state index contributed by atoms with van der Waals surface area (Å²) in [6.07, 6.45) is 1.47. The van der Waals surface area contributed by atoms with Crippen molar-refractivity contribution in [1.82, 2.24) is 10.2 Å². The molecule has 1 aromatic heterocycles. The Balaban J connectivity index is 2.24. The first kappa shape index (κ1) is 11.3. The fourth-order valence-electron chi connectivity index (χ4n) is 1.86. The zero-order valence-corrected chi connectivity index (χ0v) is 10.8. The number of aromatic amines is 1. The number of H-pyrrole nitrogens is 1. The number of benzene rings is 1. The van der Waals surface area contributed by atoms with Gasteiger partial charge in [-0.05, 0) is 15.9 Å². The molecule has 2 aromatic rings. The molecule has 0 saturated heterocycles. The number of ether oxygens (including phenoxy) is 2. The van der Waals surface area contributed by atoms with Crippen LogP contribution in [0.4, 0.5) is 10.2 Å². The molecule has 3 N–H and O–H groups in total. The lowest BCUT2D eigenvalue weighted by Gasteiger charge is -2.21. The summed E-state index contributed by atoms with van der Waals surface area (Å²) in [5.74, 6) is 0.722. The van der Waals surface area contributed by atoms with Gasteiger partial charge in [-0.1, -0.05) is 0 Å². The van der Waals surface area contributed by atoms with Crippen molar-refractivity contribution < 1.29 is 13.9 Å². The zero-order valence-electron chi connectivity index (χ0n) is 9.17. The van der Waals surface area contributed by atoms with Crippen LogP contribution in [-0.4, -0.2) is 23.4 Å². The molecule has 1 aliphatic rings. The summed E-state index contributed by atoms with van der Waals surface area (Å²) in [4.78, 5) is 0. The van der Waals surface area contributed by atoms with Gasteiger partial charge in [0.25, 0.3) is 0 Å². The number of nitrogens with zero attached hydrogens (tertiary/aromatic N) is 1. The molecule has 0 atom stereocenters. The van der Waals surface area contributed by atoms with Gasteiger partial charge in [0.2, 0.25) is 0 Å². The highest BCUT2D eigenvalue weighted by Gasteiger charge is 2.24. The Morgan fingerprint density at radius 3 is 2.89 bits per heavy atom. The molecule has 0 radical (unpaired) electrons. The predicted octanol–water partition coefficient (Wildman–Crippen LogP) is 2.33. The first-order chi connectivity index (χ1) is 8.68. The minimum atomic E-state index is -0.445. The molecule has 1 aliphatic heterocycles. The van der Waals surface area contributed by atoms with Crippen molar-refractivity contribution in [1.29, 1.82) is 0 Å².